The number of carbonyl (C=O) groups is 2. The van der Waals surface area contributed by atoms with Gasteiger partial charge in [0.05, 0.1) is 32.3 Å². The Hall–Kier alpha value is -2.38. The Morgan fingerprint density at radius 1 is 1.15 bits per heavy atom. The topological polar surface area (TPSA) is 190 Å². The molecular weight excluding hydrogens is 529 g/mol. The van der Waals surface area contributed by atoms with E-state index in [9.17, 15) is 14.2 Å². The predicted molar refractivity (Wildman–Crippen MR) is 149 cm³/mol. The van der Waals surface area contributed by atoms with Crippen molar-refractivity contribution in [3.05, 3.63) is 0 Å². The highest BCUT2D eigenvalue weighted by molar-refractivity contribution is 7.59. The Morgan fingerprint density at radius 2 is 1.72 bits per heavy atom. The highest BCUT2D eigenvalue weighted by Crippen LogP contribution is 2.37. The molecule has 4 atom stereocenters. The minimum absolute atomic E-state index is 0.0463. The summed E-state index contributed by atoms with van der Waals surface area (Å²) in [5.41, 5.74) is 6.54. The lowest BCUT2D eigenvalue weighted by molar-refractivity contribution is -0.145. The molecule has 1 fully saturated rings. The van der Waals surface area contributed by atoms with E-state index in [-0.39, 0.29) is 50.4 Å². The van der Waals surface area contributed by atoms with Crippen molar-refractivity contribution in [3.63, 3.8) is 0 Å². The van der Waals surface area contributed by atoms with E-state index >= 15 is 0 Å². The minimum Gasteiger partial charge on any atom is -0.465 e. The second-order valence-electron chi connectivity index (χ2n) is 9.52. The summed E-state index contributed by atoms with van der Waals surface area (Å²) < 4.78 is 29.1. The van der Waals surface area contributed by atoms with Gasteiger partial charge in [0.2, 0.25) is 13.4 Å². The maximum absolute atomic E-state index is 13.5. The number of aliphatic hydroxyl groups excluding tert-OH is 1. The van der Waals surface area contributed by atoms with Crippen molar-refractivity contribution in [2.45, 2.75) is 90.7 Å². The fourth-order valence-corrected chi connectivity index (χ4v) is 6.27. The monoisotopic (exact) mass is 573 g/mol. The third-order valence-corrected chi connectivity index (χ3v) is 8.31. The van der Waals surface area contributed by atoms with Crippen molar-refractivity contribution >= 4 is 37.4 Å². The van der Waals surface area contributed by atoms with Crippen LogP contribution in [-0.2, 0) is 28.4 Å². The molecule has 0 amide bonds. The molecule has 0 aromatic heterocycles. The summed E-state index contributed by atoms with van der Waals surface area (Å²) in [6.45, 7) is 9.24. The number of ether oxygens (including phenoxy) is 3. The van der Waals surface area contributed by atoms with Gasteiger partial charge in [-0.2, -0.15) is 0 Å². The highest BCUT2D eigenvalue weighted by atomic mass is 31.2. The van der Waals surface area contributed by atoms with Crippen LogP contribution < -0.4 is 15.9 Å². The zero-order valence-corrected chi connectivity index (χ0v) is 24.4. The lowest BCUT2D eigenvalue weighted by Gasteiger charge is -2.28. The van der Waals surface area contributed by atoms with E-state index in [1.165, 1.54) is 26.7 Å². The Balaban J connectivity index is 0.000000780. The number of rotatable bonds is 13. The van der Waals surface area contributed by atoms with E-state index in [2.05, 4.69) is 25.2 Å². The molecule has 2 heterocycles. The highest BCUT2D eigenvalue weighted by Gasteiger charge is 2.36. The van der Waals surface area contributed by atoms with Crippen LogP contribution in [-0.4, -0.2) is 103 Å². The smallest absolute Gasteiger partial charge is 0.323 e. The van der Waals surface area contributed by atoms with Crippen LogP contribution in [0.4, 0.5) is 0 Å². The lowest BCUT2D eigenvalue weighted by Crippen LogP contribution is -2.44. The van der Waals surface area contributed by atoms with Crippen molar-refractivity contribution in [1.29, 1.82) is 0 Å². The van der Waals surface area contributed by atoms with Crippen LogP contribution in [0.1, 0.15) is 60.3 Å². The van der Waals surface area contributed by atoms with E-state index in [1.54, 1.807) is 20.2 Å². The third-order valence-electron chi connectivity index (χ3n) is 6.16. The first-order valence-electron chi connectivity index (χ1n) is 13.4. The predicted octanol–water partition coefficient (Wildman–Crippen LogP) is 0.985. The van der Waals surface area contributed by atoms with Gasteiger partial charge >= 0.3 is 11.9 Å². The van der Waals surface area contributed by atoms with E-state index in [0.29, 0.717) is 6.54 Å². The second-order valence-corrected chi connectivity index (χ2v) is 11.8. The first-order valence-corrected chi connectivity index (χ1v) is 15.3. The average molecular weight is 574 g/mol. The molecule has 3 aliphatic rings. The fourth-order valence-electron chi connectivity index (χ4n) is 4.20. The maximum Gasteiger partial charge on any atom is 0.323 e. The first-order chi connectivity index (χ1) is 18.5. The van der Waals surface area contributed by atoms with Crippen molar-refractivity contribution in [2.24, 2.45) is 20.7 Å². The van der Waals surface area contributed by atoms with E-state index < -0.39 is 31.5 Å². The largest absolute Gasteiger partial charge is 0.465 e. The summed E-state index contributed by atoms with van der Waals surface area (Å²) in [6, 6.07) is -1.95. The summed E-state index contributed by atoms with van der Waals surface area (Å²) in [5.74, 6) is -0.927. The molecule has 1 saturated carbocycles. The number of carbonyl (C=O) groups excluding carboxylic acids is 2. The summed E-state index contributed by atoms with van der Waals surface area (Å²) in [4.78, 5) is 38.8. The molecule has 0 aromatic carbocycles. The van der Waals surface area contributed by atoms with Gasteiger partial charge < -0.3 is 30.0 Å². The maximum atomic E-state index is 13.5. The summed E-state index contributed by atoms with van der Waals surface area (Å²) in [6.07, 6.45) is 5.71. The van der Waals surface area contributed by atoms with Crippen LogP contribution in [0.3, 0.4) is 0 Å². The number of nitrogens with zero attached hydrogens (tertiary/aromatic N) is 4. The number of nitrogens with one attached hydrogen (secondary N) is 2. The number of hydrogen-bond donors (Lipinski definition) is 4. The minimum atomic E-state index is -3.54. The normalized spacial score (nSPS) is 22.3. The van der Waals surface area contributed by atoms with Gasteiger partial charge in [0.15, 0.2) is 6.17 Å². The average Bonchev–Trinajstić information content (AvgIpc) is 3.51. The van der Waals surface area contributed by atoms with Crippen LogP contribution in [0.5, 0.6) is 0 Å². The summed E-state index contributed by atoms with van der Waals surface area (Å²) in [5, 5.41) is 14.2. The standard InChI is InChI=1S/C19H34N7O6P.C5H10O/c1-6-31-17(27)13(4)24-33(29,25-14(5)18(28)32-7-2)11-30-9-8-26-10-21-15-12(3)22-19(20)23-16(15)26;6-5-3-1-2-4-5/h10,13-16H,6-9,11H2,1-5H3,(H2,20,23)(H2,24,25,29);5-6H,1-4H2/t13-,14-,15?,16?;/m0./s1. The Bertz CT molecular complexity index is 925. The zero-order chi connectivity index (χ0) is 29.0. The number of nitrogens with two attached hydrogens (primary N) is 1. The number of hydrogen-bond acceptors (Lipinski definition) is 12. The molecule has 2 aliphatic heterocycles. The molecule has 0 radical (unpaired) electrons. The van der Waals surface area contributed by atoms with Gasteiger partial charge in [-0.15, -0.1) is 0 Å². The molecule has 2 unspecified atom stereocenters. The molecule has 1 aliphatic carbocycles. The number of esters is 2. The van der Waals surface area contributed by atoms with Crippen LogP contribution in [0.2, 0.25) is 0 Å². The number of aliphatic imine (C=N–C) groups is 3. The van der Waals surface area contributed by atoms with Crippen LogP contribution in [0.25, 0.3) is 0 Å². The summed E-state index contributed by atoms with van der Waals surface area (Å²) >= 11 is 0. The Kier molecular flexibility index (Phi) is 13.5. The zero-order valence-electron chi connectivity index (χ0n) is 23.5. The number of fused-ring (bicyclic) bond motifs is 1. The molecule has 0 spiro atoms. The molecule has 222 valence electrons. The lowest BCUT2D eigenvalue weighted by atomic mass is 10.1. The van der Waals surface area contributed by atoms with E-state index in [0.717, 1.165) is 18.6 Å². The Labute approximate surface area is 230 Å². The molecule has 39 heavy (non-hydrogen) atoms. The van der Waals surface area contributed by atoms with Crippen LogP contribution in [0.15, 0.2) is 15.0 Å². The van der Waals surface area contributed by atoms with Crippen molar-refractivity contribution in [3.8, 4) is 0 Å². The van der Waals surface area contributed by atoms with Gasteiger partial charge in [0.25, 0.3) is 0 Å². The quantitative estimate of drug-likeness (QED) is 0.140. The second kappa shape index (κ2) is 16.0. The van der Waals surface area contributed by atoms with Crippen molar-refractivity contribution in [2.75, 3.05) is 32.7 Å². The number of aliphatic hydroxyl groups is 1. The van der Waals surface area contributed by atoms with Gasteiger partial charge in [-0.3, -0.25) is 19.1 Å². The van der Waals surface area contributed by atoms with E-state index in [4.69, 9.17) is 25.1 Å². The number of guanidine groups is 1. The Morgan fingerprint density at radius 3 is 2.21 bits per heavy atom. The van der Waals surface area contributed by atoms with Gasteiger partial charge in [-0.25, -0.2) is 20.2 Å². The summed E-state index contributed by atoms with van der Waals surface area (Å²) in [7, 11) is -3.54. The fraction of sp³-hybridized carbons (Fsp3) is 0.792. The molecule has 0 aromatic rings. The molecule has 14 nitrogen and oxygen atoms in total. The third kappa shape index (κ3) is 10.6. The van der Waals surface area contributed by atoms with Crippen molar-refractivity contribution in [1.82, 2.24) is 15.1 Å². The van der Waals surface area contributed by atoms with E-state index in [1.807, 2.05) is 11.8 Å². The molecule has 15 heteroatoms. The molecule has 5 N–H and O–H groups in total. The molecule has 3 rings (SSSR count). The SMILES string of the molecule is CCOC(=O)[C@H](C)NP(=O)(COCCN1C=NC2C(C)=NC(N)=NC21)N[C@@H](C)C(=O)OCC.OC1CCCC1. The van der Waals surface area contributed by atoms with Gasteiger partial charge in [0.1, 0.15) is 24.5 Å². The van der Waals surface area contributed by atoms with Gasteiger partial charge in [0, 0.05) is 12.3 Å². The van der Waals surface area contributed by atoms with Gasteiger partial charge in [-0.1, -0.05) is 12.8 Å². The molecular formula is C24H44N7O7P. The van der Waals surface area contributed by atoms with Crippen LogP contribution in [0, 0.1) is 0 Å². The van der Waals surface area contributed by atoms with Crippen molar-refractivity contribution < 1.29 is 33.5 Å². The van der Waals surface area contributed by atoms with Gasteiger partial charge in [-0.05, 0) is 47.5 Å². The van der Waals surface area contributed by atoms with Crippen LogP contribution >= 0.6 is 7.44 Å². The molecule has 0 bridgehead atoms. The first kappa shape index (κ1) is 32.8. The molecule has 0 saturated heterocycles.